The van der Waals surface area contributed by atoms with Crippen molar-refractivity contribution in [1.82, 2.24) is 10.3 Å². The van der Waals surface area contributed by atoms with Crippen molar-refractivity contribution in [3.63, 3.8) is 0 Å². The van der Waals surface area contributed by atoms with Crippen LogP contribution in [0.1, 0.15) is 30.7 Å². The molecule has 3 nitrogen and oxygen atoms in total. The molecule has 114 valence electrons. The van der Waals surface area contributed by atoms with Crippen molar-refractivity contribution in [2.45, 2.75) is 31.9 Å². The first-order chi connectivity index (χ1) is 9.85. The van der Waals surface area contributed by atoms with E-state index in [1.165, 1.54) is 11.3 Å². The molecule has 21 heavy (non-hydrogen) atoms. The van der Waals surface area contributed by atoms with E-state index < -0.39 is 24.9 Å². The lowest BCUT2D eigenvalue weighted by Crippen LogP contribution is -2.28. The fraction of sp³-hybridized carbons (Fsp3) is 0.429. The molecule has 1 aromatic carbocycles. The van der Waals surface area contributed by atoms with Gasteiger partial charge in [-0.3, -0.25) is 4.79 Å². The number of hydrogen-bond acceptors (Lipinski definition) is 3. The third kappa shape index (κ3) is 4.70. The number of carbonyl (C=O) groups excluding carboxylic acids is 1. The lowest BCUT2D eigenvalue weighted by atomic mass is 10.2. The second-order valence-electron chi connectivity index (χ2n) is 4.84. The summed E-state index contributed by atoms with van der Waals surface area (Å²) in [5, 5.41) is 3.39. The standard InChI is InChI=1S/C14H15F3N2OS/c1-9(8-18-12(20)6-7-14(15,16)17)13-19-10-4-2-3-5-11(10)21-13/h2-5,9H,6-8H2,1H3,(H,18,20)/t9-/m0/s1. The van der Waals surface area contributed by atoms with Gasteiger partial charge in [-0.15, -0.1) is 11.3 Å². The highest BCUT2D eigenvalue weighted by Gasteiger charge is 2.27. The van der Waals surface area contributed by atoms with Crippen LogP contribution >= 0.6 is 11.3 Å². The van der Waals surface area contributed by atoms with Crippen LogP contribution in [0.25, 0.3) is 10.2 Å². The molecular weight excluding hydrogens is 301 g/mol. The fourth-order valence-corrected chi connectivity index (χ4v) is 2.82. The van der Waals surface area contributed by atoms with Gasteiger partial charge in [-0.1, -0.05) is 19.1 Å². The Morgan fingerprint density at radius 3 is 2.76 bits per heavy atom. The van der Waals surface area contributed by atoms with Gasteiger partial charge in [0.2, 0.25) is 5.91 Å². The van der Waals surface area contributed by atoms with E-state index in [4.69, 9.17) is 0 Å². The Morgan fingerprint density at radius 2 is 2.10 bits per heavy atom. The van der Waals surface area contributed by atoms with E-state index in [-0.39, 0.29) is 12.5 Å². The van der Waals surface area contributed by atoms with Crippen LogP contribution in [0.5, 0.6) is 0 Å². The first-order valence-corrected chi connectivity index (χ1v) is 7.36. The van der Waals surface area contributed by atoms with E-state index in [0.29, 0.717) is 0 Å². The molecule has 1 heterocycles. The van der Waals surface area contributed by atoms with Crippen LogP contribution in [0.4, 0.5) is 13.2 Å². The predicted octanol–water partition coefficient (Wildman–Crippen LogP) is 3.86. The van der Waals surface area contributed by atoms with E-state index >= 15 is 0 Å². The number of amides is 1. The highest BCUT2D eigenvalue weighted by atomic mass is 32.1. The minimum atomic E-state index is -4.30. The minimum absolute atomic E-state index is 0.0303. The number of fused-ring (bicyclic) bond motifs is 1. The quantitative estimate of drug-likeness (QED) is 0.910. The molecule has 1 atom stereocenters. The van der Waals surface area contributed by atoms with Gasteiger partial charge in [-0.25, -0.2) is 4.98 Å². The van der Waals surface area contributed by atoms with Gasteiger partial charge in [-0.05, 0) is 12.1 Å². The van der Waals surface area contributed by atoms with Crippen molar-refractivity contribution in [2.24, 2.45) is 0 Å². The third-order valence-electron chi connectivity index (χ3n) is 2.97. The molecule has 0 radical (unpaired) electrons. The van der Waals surface area contributed by atoms with Crippen LogP contribution in [0, 0.1) is 0 Å². The summed E-state index contributed by atoms with van der Waals surface area (Å²) in [6, 6.07) is 7.69. The molecule has 1 amide bonds. The first-order valence-electron chi connectivity index (χ1n) is 6.54. The highest BCUT2D eigenvalue weighted by Crippen LogP contribution is 2.27. The Balaban J connectivity index is 1.86. The number of alkyl halides is 3. The number of hydrogen-bond donors (Lipinski definition) is 1. The number of halogens is 3. The number of thiazole rings is 1. The van der Waals surface area contributed by atoms with E-state index in [2.05, 4.69) is 10.3 Å². The Labute approximate surface area is 124 Å². The Kier molecular flexibility index (Phi) is 4.82. The zero-order valence-electron chi connectivity index (χ0n) is 11.4. The molecule has 0 aliphatic carbocycles. The van der Waals surface area contributed by atoms with Gasteiger partial charge in [-0.2, -0.15) is 13.2 Å². The third-order valence-corrected chi connectivity index (χ3v) is 4.24. The Hall–Kier alpha value is -1.63. The molecule has 0 unspecified atom stereocenters. The summed E-state index contributed by atoms with van der Waals surface area (Å²) in [7, 11) is 0. The first kappa shape index (κ1) is 15.8. The summed E-state index contributed by atoms with van der Waals surface area (Å²) in [4.78, 5) is 15.8. The lowest BCUT2D eigenvalue weighted by Gasteiger charge is -2.10. The summed E-state index contributed by atoms with van der Waals surface area (Å²) >= 11 is 1.53. The van der Waals surface area contributed by atoms with Crippen molar-refractivity contribution in [3.05, 3.63) is 29.3 Å². The van der Waals surface area contributed by atoms with Gasteiger partial charge in [0.15, 0.2) is 0 Å². The molecular formula is C14H15F3N2OS. The number of benzene rings is 1. The Bertz CT molecular complexity index is 591. The average molecular weight is 316 g/mol. The number of para-hydroxylation sites is 1. The number of rotatable bonds is 5. The molecule has 0 aliphatic rings. The molecule has 0 fully saturated rings. The van der Waals surface area contributed by atoms with Crippen molar-refractivity contribution in [2.75, 3.05) is 6.54 Å². The van der Waals surface area contributed by atoms with E-state index in [1.54, 1.807) is 0 Å². The van der Waals surface area contributed by atoms with Crippen molar-refractivity contribution in [3.8, 4) is 0 Å². The lowest BCUT2D eigenvalue weighted by molar-refractivity contribution is -0.144. The maximum absolute atomic E-state index is 12.0. The molecule has 1 aromatic heterocycles. The van der Waals surface area contributed by atoms with Crippen LogP contribution < -0.4 is 5.32 Å². The summed E-state index contributed by atoms with van der Waals surface area (Å²) < 4.78 is 37.1. The molecule has 0 bridgehead atoms. The van der Waals surface area contributed by atoms with Gasteiger partial charge < -0.3 is 5.32 Å². The normalized spacial score (nSPS) is 13.3. The molecule has 2 aromatic rings. The molecule has 1 N–H and O–H groups in total. The van der Waals surface area contributed by atoms with Crippen LogP contribution in [0.2, 0.25) is 0 Å². The summed E-state index contributed by atoms with van der Waals surface area (Å²) in [5.41, 5.74) is 0.896. The molecule has 0 saturated heterocycles. The topological polar surface area (TPSA) is 42.0 Å². The SMILES string of the molecule is C[C@@H](CNC(=O)CCC(F)(F)F)c1nc2ccccc2s1. The second-order valence-corrected chi connectivity index (χ2v) is 5.90. The smallest absolute Gasteiger partial charge is 0.355 e. The summed E-state index contributed by atoms with van der Waals surface area (Å²) in [5.74, 6) is -0.613. The molecule has 2 rings (SSSR count). The van der Waals surface area contributed by atoms with Gasteiger partial charge in [0.05, 0.1) is 21.6 Å². The van der Waals surface area contributed by atoms with Gasteiger partial charge in [0, 0.05) is 18.9 Å². The molecule has 7 heteroatoms. The zero-order chi connectivity index (χ0) is 15.5. The van der Waals surface area contributed by atoms with Gasteiger partial charge in [0.25, 0.3) is 0 Å². The summed E-state index contributed by atoms with van der Waals surface area (Å²) in [6.07, 6.45) is -5.92. The number of carbonyl (C=O) groups is 1. The average Bonchev–Trinajstić information content (AvgIpc) is 2.85. The predicted molar refractivity (Wildman–Crippen MR) is 76.3 cm³/mol. The highest BCUT2D eigenvalue weighted by molar-refractivity contribution is 7.18. The number of nitrogens with one attached hydrogen (secondary N) is 1. The Morgan fingerprint density at radius 1 is 1.38 bits per heavy atom. The van der Waals surface area contributed by atoms with Gasteiger partial charge >= 0.3 is 6.18 Å². The second kappa shape index (κ2) is 6.43. The largest absolute Gasteiger partial charge is 0.389 e. The molecule has 0 spiro atoms. The molecule has 0 aliphatic heterocycles. The van der Waals surface area contributed by atoms with Gasteiger partial charge in [0.1, 0.15) is 0 Å². The maximum Gasteiger partial charge on any atom is 0.389 e. The van der Waals surface area contributed by atoms with Crippen molar-refractivity contribution in [1.29, 1.82) is 0 Å². The van der Waals surface area contributed by atoms with Crippen LogP contribution in [0.3, 0.4) is 0 Å². The number of aromatic nitrogens is 1. The van der Waals surface area contributed by atoms with E-state index in [1.807, 2.05) is 31.2 Å². The monoisotopic (exact) mass is 316 g/mol. The zero-order valence-corrected chi connectivity index (χ0v) is 12.2. The maximum atomic E-state index is 12.0. The van der Waals surface area contributed by atoms with Crippen molar-refractivity contribution >= 4 is 27.5 Å². The van der Waals surface area contributed by atoms with Crippen LogP contribution in [-0.2, 0) is 4.79 Å². The van der Waals surface area contributed by atoms with E-state index in [9.17, 15) is 18.0 Å². The number of nitrogens with zero attached hydrogens (tertiary/aromatic N) is 1. The van der Waals surface area contributed by atoms with Crippen LogP contribution in [0.15, 0.2) is 24.3 Å². The van der Waals surface area contributed by atoms with E-state index in [0.717, 1.165) is 15.2 Å². The fourth-order valence-electron chi connectivity index (χ4n) is 1.80. The van der Waals surface area contributed by atoms with Crippen LogP contribution in [-0.4, -0.2) is 23.6 Å². The van der Waals surface area contributed by atoms with Crippen molar-refractivity contribution < 1.29 is 18.0 Å². The molecule has 0 saturated carbocycles. The minimum Gasteiger partial charge on any atom is -0.355 e. The summed E-state index contributed by atoms with van der Waals surface area (Å²) in [6.45, 7) is 2.18.